The fourth-order valence-electron chi connectivity index (χ4n) is 1.18. The van der Waals surface area contributed by atoms with Gasteiger partial charge in [-0.3, -0.25) is 0 Å². The van der Waals surface area contributed by atoms with Gasteiger partial charge in [-0.2, -0.15) is 0 Å². The fraction of sp³-hybridized carbons (Fsp3) is 0.182. The Morgan fingerprint density at radius 2 is 2.44 bits per heavy atom. The minimum atomic E-state index is -1.13. The topological polar surface area (TPSA) is 68.0 Å². The van der Waals surface area contributed by atoms with Crippen molar-refractivity contribution in [3.05, 3.63) is 48.6 Å². The summed E-state index contributed by atoms with van der Waals surface area (Å²) in [6, 6.07) is 0. The number of carboxylic acid groups (broad SMARTS) is 1. The van der Waals surface area contributed by atoms with Crippen LogP contribution in [0.25, 0.3) is 0 Å². The smallest absolute Gasteiger partial charge is 0.375 e. The van der Waals surface area contributed by atoms with Crippen LogP contribution in [-0.2, 0) is 6.54 Å². The van der Waals surface area contributed by atoms with E-state index in [1.165, 1.54) is 11.0 Å². The number of aromatic nitrogens is 3. The Kier molecular flexibility index (Phi) is 4.20. The highest BCUT2D eigenvalue weighted by Gasteiger charge is 2.08. The van der Waals surface area contributed by atoms with E-state index in [0.717, 1.165) is 5.57 Å². The van der Waals surface area contributed by atoms with Crippen molar-refractivity contribution in [2.24, 2.45) is 0 Å². The molecule has 0 bridgehead atoms. The van der Waals surface area contributed by atoms with Crippen molar-refractivity contribution in [3.63, 3.8) is 0 Å². The van der Waals surface area contributed by atoms with E-state index >= 15 is 0 Å². The molecule has 0 unspecified atom stereocenters. The van der Waals surface area contributed by atoms with Crippen molar-refractivity contribution in [2.45, 2.75) is 13.5 Å². The third-order valence-electron chi connectivity index (χ3n) is 1.79. The summed E-state index contributed by atoms with van der Waals surface area (Å²) in [4.78, 5) is 14.2. The molecule has 0 aliphatic rings. The number of hydrogen-bond acceptors (Lipinski definition) is 3. The predicted octanol–water partition coefficient (Wildman–Crippen LogP) is 1.66. The molecule has 84 valence electrons. The molecule has 5 nitrogen and oxygen atoms in total. The summed E-state index contributed by atoms with van der Waals surface area (Å²) in [6.07, 6.45) is 8.70. The normalized spacial score (nSPS) is 11.9. The Bertz CT molecular complexity index is 444. The van der Waals surface area contributed by atoms with Gasteiger partial charge in [-0.05, 0) is 12.5 Å². The van der Waals surface area contributed by atoms with E-state index in [0.29, 0.717) is 6.54 Å². The van der Waals surface area contributed by atoms with Crippen LogP contribution in [0, 0.1) is 0 Å². The number of allylic oxidation sites excluding steroid dienone is 5. The zero-order chi connectivity index (χ0) is 12.0. The molecule has 1 rings (SSSR count). The first-order valence-electron chi connectivity index (χ1n) is 4.74. The second kappa shape index (κ2) is 5.65. The minimum Gasteiger partial charge on any atom is -0.475 e. The van der Waals surface area contributed by atoms with E-state index in [9.17, 15) is 4.79 Å². The van der Waals surface area contributed by atoms with E-state index in [2.05, 4.69) is 16.7 Å². The number of hydrogen-bond donors (Lipinski definition) is 1. The van der Waals surface area contributed by atoms with Crippen LogP contribution < -0.4 is 0 Å². The molecule has 1 aromatic heterocycles. The summed E-state index contributed by atoms with van der Waals surface area (Å²) >= 11 is 0. The van der Waals surface area contributed by atoms with Gasteiger partial charge in [0, 0.05) is 0 Å². The number of nitrogens with zero attached hydrogens (tertiary/aromatic N) is 3. The molecule has 0 amide bonds. The summed E-state index contributed by atoms with van der Waals surface area (Å²) in [6.45, 7) is 5.98. The van der Waals surface area contributed by atoms with E-state index in [1.54, 1.807) is 6.08 Å². The van der Waals surface area contributed by atoms with Gasteiger partial charge in [0.2, 0.25) is 0 Å². The van der Waals surface area contributed by atoms with E-state index in [-0.39, 0.29) is 5.82 Å². The molecule has 1 heterocycles. The van der Waals surface area contributed by atoms with Crippen LogP contribution >= 0.6 is 0 Å². The first-order valence-corrected chi connectivity index (χ1v) is 4.74. The molecule has 1 aromatic rings. The Balaban J connectivity index is 2.81. The van der Waals surface area contributed by atoms with Gasteiger partial charge in [-0.15, -0.1) is 5.10 Å². The maximum atomic E-state index is 10.6. The van der Waals surface area contributed by atoms with Crippen molar-refractivity contribution >= 4 is 5.97 Å². The van der Waals surface area contributed by atoms with Gasteiger partial charge < -0.3 is 5.11 Å². The lowest BCUT2D eigenvalue weighted by atomic mass is 10.2. The van der Waals surface area contributed by atoms with Gasteiger partial charge in [-0.1, -0.05) is 30.9 Å². The van der Waals surface area contributed by atoms with Crippen molar-refractivity contribution in [1.82, 2.24) is 14.8 Å². The molecule has 0 saturated carbocycles. The largest absolute Gasteiger partial charge is 0.475 e. The lowest BCUT2D eigenvalue weighted by Crippen LogP contribution is -2.04. The summed E-state index contributed by atoms with van der Waals surface area (Å²) in [7, 11) is 0. The number of aromatic carboxylic acids is 1. The molecule has 0 aromatic carbocycles. The van der Waals surface area contributed by atoms with Gasteiger partial charge in [0.25, 0.3) is 5.82 Å². The van der Waals surface area contributed by atoms with Crippen LogP contribution in [0.2, 0.25) is 0 Å². The summed E-state index contributed by atoms with van der Waals surface area (Å²) in [5.41, 5.74) is 0.972. The third-order valence-corrected chi connectivity index (χ3v) is 1.79. The quantitative estimate of drug-likeness (QED) is 0.765. The van der Waals surface area contributed by atoms with Crippen molar-refractivity contribution in [2.75, 3.05) is 0 Å². The van der Waals surface area contributed by atoms with Gasteiger partial charge in [0.15, 0.2) is 0 Å². The predicted molar refractivity (Wildman–Crippen MR) is 60.1 cm³/mol. The molecule has 0 aliphatic carbocycles. The molecule has 0 atom stereocenters. The molecule has 0 fully saturated rings. The van der Waals surface area contributed by atoms with Crippen LogP contribution in [0.15, 0.2) is 42.8 Å². The highest BCUT2D eigenvalue weighted by molar-refractivity contribution is 5.82. The Hall–Kier alpha value is -2.17. The van der Waals surface area contributed by atoms with Crippen LogP contribution in [0.1, 0.15) is 17.5 Å². The van der Waals surface area contributed by atoms with Crippen LogP contribution in [0.3, 0.4) is 0 Å². The summed E-state index contributed by atoms with van der Waals surface area (Å²) < 4.78 is 1.47. The fourth-order valence-corrected chi connectivity index (χ4v) is 1.18. The second-order valence-corrected chi connectivity index (χ2v) is 3.05. The van der Waals surface area contributed by atoms with Crippen LogP contribution in [0.4, 0.5) is 0 Å². The summed E-state index contributed by atoms with van der Waals surface area (Å²) in [5, 5.41) is 12.5. The number of carboxylic acids is 1. The van der Waals surface area contributed by atoms with Gasteiger partial charge >= 0.3 is 5.97 Å². The number of rotatable bonds is 5. The van der Waals surface area contributed by atoms with Crippen molar-refractivity contribution in [3.8, 4) is 0 Å². The molecule has 0 spiro atoms. The highest BCUT2D eigenvalue weighted by Crippen LogP contribution is 2.02. The standard InChI is InChI=1S/C11H13N3O2/c1-3-5-9(6-4-2)7-14-8-12-10(13-14)11(15)16/h3-6,8H,1,7H2,2H3,(H,15,16)/b6-4-,9-5+. The number of carbonyl (C=O) groups is 1. The van der Waals surface area contributed by atoms with Crippen LogP contribution in [-0.4, -0.2) is 25.8 Å². The lowest BCUT2D eigenvalue weighted by Gasteiger charge is -2.00. The zero-order valence-corrected chi connectivity index (χ0v) is 9.00. The maximum Gasteiger partial charge on any atom is 0.375 e. The lowest BCUT2D eigenvalue weighted by molar-refractivity contribution is 0.0683. The van der Waals surface area contributed by atoms with Crippen molar-refractivity contribution < 1.29 is 9.90 Å². The average molecular weight is 219 g/mol. The zero-order valence-electron chi connectivity index (χ0n) is 9.00. The molecule has 0 aliphatic heterocycles. The van der Waals surface area contributed by atoms with E-state index in [1.807, 2.05) is 25.2 Å². The Morgan fingerprint density at radius 1 is 1.69 bits per heavy atom. The Morgan fingerprint density at radius 3 is 2.94 bits per heavy atom. The van der Waals surface area contributed by atoms with Crippen molar-refractivity contribution in [1.29, 1.82) is 0 Å². The molecular weight excluding hydrogens is 206 g/mol. The SMILES string of the molecule is C=C/C=C(\C=C/C)Cn1cnc(C(=O)O)n1. The average Bonchev–Trinajstić information content (AvgIpc) is 2.67. The molecular formula is C11H13N3O2. The first-order chi connectivity index (χ1) is 7.67. The molecule has 0 radical (unpaired) electrons. The molecule has 16 heavy (non-hydrogen) atoms. The highest BCUT2D eigenvalue weighted by atomic mass is 16.4. The van der Waals surface area contributed by atoms with E-state index in [4.69, 9.17) is 5.11 Å². The summed E-state index contributed by atoms with van der Waals surface area (Å²) in [5.74, 6) is -1.32. The van der Waals surface area contributed by atoms with Crippen LogP contribution in [0.5, 0.6) is 0 Å². The second-order valence-electron chi connectivity index (χ2n) is 3.05. The minimum absolute atomic E-state index is 0.196. The van der Waals surface area contributed by atoms with Gasteiger partial charge in [0.05, 0.1) is 6.54 Å². The monoisotopic (exact) mass is 219 g/mol. The molecule has 5 heteroatoms. The Labute approximate surface area is 93.4 Å². The first kappa shape index (κ1) is 11.9. The molecule has 0 saturated heterocycles. The molecule has 1 N–H and O–H groups in total. The third kappa shape index (κ3) is 3.20. The maximum absolute atomic E-state index is 10.6. The van der Waals surface area contributed by atoms with Gasteiger partial charge in [-0.25, -0.2) is 14.5 Å². The van der Waals surface area contributed by atoms with Gasteiger partial charge in [0.1, 0.15) is 6.33 Å². The van der Waals surface area contributed by atoms with E-state index < -0.39 is 5.97 Å².